The highest BCUT2D eigenvalue weighted by molar-refractivity contribution is 7.07. The summed E-state index contributed by atoms with van der Waals surface area (Å²) < 4.78 is 1.66. The van der Waals surface area contributed by atoms with Crippen LogP contribution in [0, 0.1) is 0 Å². The van der Waals surface area contributed by atoms with Crippen molar-refractivity contribution in [2.75, 3.05) is 20.6 Å². The van der Waals surface area contributed by atoms with Gasteiger partial charge in [-0.2, -0.15) is 16.4 Å². The minimum absolute atomic E-state index is 0.137. The standard InChI is InChI=1S/C18H19ClN4OS/c1-22(2)17(13-7-8-25-12-13)10-20-18(24)14-9-21-23(11-14)16-5-3-15(19)4-6-16/h3-9,11-12,17H,10H2,1-2H3,(H,20,24)/t17-/m1/s1. The molecule has 25 heavy (non-hydrogen) atoms. The van der Waals surface area contributed by atoms with Crippen molar-refractivity contribution in [2.24, 2.45) is 0 Å². The van der Waals surface area contributed by atoms with Crippen LogP contribution in [-0.4, -0.2) is 41.2 Å². The molecule has 0 aliphatic heterocycles. The van der Waals surface area contributed by atoms with E-state index in [0.29, 0.717) is 17.1 Å². The van der Waals surface area contributed by atoms with E-state index >= 15 is 0 Å². The first kappa shape index (κ1) is 17.7. The third kappa shape index (κ3) is 4.28. The zero-order chi connectivity index (χ0) is 17.8. The smallest absolute Gasteiger partial charge is 0.254 e. The van der Waals surface area contributed by atoms with Crippen LogP contribution in [0.4, 0.5) is 0 Å². The van der Waals surface area contributed by atoms with Crippen LogP contribution in [0.3, 0.4) is 0 Å². The molecule has 2 aromatic heterocycles. The van der Waals surface area contributed by atoms with Crippen LogP contribution in [0.25, 0.3) is 5.69 Å². The number of hydrogen-bond acceptors (Lipinski definition) is 4. The van der Waals surface area contributed by atoms with E-state index in [9.17, 15) is 4.79 Å². The van der Waals surface area contributed by atoms with Gasteiger partial charge in [0.1, 0.15) is 0 Å². The molecular formula is C18H19ClN4OS. The molecule has 0 spiro atoms. The van der Waals surface area contributed by atoms with Crippen LogP contribution >= 0.6 is 22.9 Å². The van der Waals surface area contributed by atoms with Gasteiger partial charge >= 0.3 is 0 Å². The number of carbonyl (C=O) groups is 1. The summed E-state index contributed by atoms with van der Waals surface area (Å²) in [5.74, 6) is -0.137. The minimum atomic E-state index is -0.137. The van der Waals surface area contributed by atoms with Crippen LogP contribution in [0.15, 0.2) is 53.5 Å². The van der Waals surface area contributed by atoms with E-state index in [1.165, 1.54) is 5.56 Å². The van der Waals surface area contributed by atoms with Gasteiger partial charge in [-0.1, -0.05) is 11.6 Å². The average molecular weight is 375 g/mol. The maximum Gasteiger partial charge on any atom is 0.254 e. The van der Waals surface area contributed by atoms with Crippen molar-refractivity contribution >= 4 is 28.8 Å². The predicted molar refractivity (Wildman–Crippen MR) is 102 cm³/mol. The summed E-state index contributed by atoms with van der Waals surface area (Å²) >= 11 is 7.55. The maximum absolute atomic E-state index is 12.4. The lowest BCUT2D eigenvalue weighted by molar-refractivity contribution is 0.0942. The van der Waals surface area contributed by atoms with E-state index < -0.39 is 0 Å². The number of nitrogens with zero attached hydrogens (tertiary/aromatic N) is 3. The Balaban J connectivity index is 1.66. The number of aromatic nitrogens is 2. The van der Waals surface area contributed by atoms with E-state index in [4.69, 9.17) is 11.6 Å². The zero-order valence-electron chi connectivity index (χ0n) is 14.0. The number of likely N-dealkylation sites (N-methyl/N-ethyl adjacent to an activating group) is 1. The van der Waals surface area contributed by atoms with Gasteiger partial charge in [0.15, 0.2) is 0 Å². The largest absolute Gasteiger partial charge is 0.350 e. The van der Waals surface area contributed by atoms with Crippen molar-refractivity contribution in [3.8, 4) is 5.69 Å². The van der Waals surface area contributed by atoms with E-state index in [0.717, 1.165) is 5.69 Å². The van der Waals surface area contributed by atoms with Gasteiger partial charge in [-0.05, 0) is 60.8 Å². The average Bonchev–Trinajstić information content (AvgIpc) is 3.27. The molecule has 0 unspecified atom stereocenters. The van der Waals surface area contributed by atoms with Crippen LogP contribution < -0.4 is 5.32 Å². The molecule has 0 saturated carbocycles. The zero-order valence-corrected chi connectivity index (χ0v) is 15.6. The first-order chi connectivity index (χ1) is 12.0. The minimum Gasteiger partial charge on any atom is -0.350 e. The summed E-state index contributed by atoms with van der Waals surface area (Å²) in [7, 11) is 4.01. The maximum atomic E-state index is 12.4. The van der Waals surface area contributed by atoms with Gasteiger partial charge in [0, 0.05) is 17.8 Å². The number of amides is 1. The molecule has 1 N–H and O–H groups in total. The van der Waals surface area contributed by atoms with Crippen molar-refractivity contribution in [3.63, 3.8) is 0 Å². The first-order valence-electron chi connectivity index (χ1n) is 7.82. The third-order valence-corrected chi connectivity index (χ3v) is 4.90. The van der Waals surface area contributed by atoms with Gasteiger partial charge in [0.05, 0.1) is 23.5 Å². The van der Waals surface area contributed by atoms with Crippen molar-refractivity contribution in [1.82, 2.24) is 20.0 Å². The molecule has 1 amide bonds. The second-order valence-electron chi connectivity index (χ2n) is 5.90. The fourth-order valence-electron chi connectivity index (χ4n) is 2.53. The number of nitrogens with one attached hydrogen (secondary N) is 1. The van der Waals surface area contributed by atoms with Crippen molar-refractivity contribution < 1.29 is 4.79 Å². The quantitative estimate of drug-likeness (QED) is 0.717. The molecule has 1 atom stereocenters. The molecule has 5 nitrogen and oxygen atoms in total. The lowest BCUT2D eigenvalue weighted by Crippen LogP contribution is -2.34. The number of hydrogen-bond donors (Lipinski definition) is 1. The fourth-order valence-corrected chi connectivity index (χ4v) is 3.36. The Labute approximate surface area is 155 Å². The van der Waals surface area contributed by atoms with Crippen LogP contribution in [0.5, 0.6) is 0 Å². The fraction of sp³-hybridized carbons (Fsp3) is 0.222. The van der Waals surface area contributed by atoms with Crippen LogP contribution in [0.1, 0.15) is 22.0 Å². The Bertz CT molecular complexity index is 827. The number of carbonyl (C=O) groups excluding carboxylic acids is 1. The van der Waals surface area contributed by atoms with E-state index in [-0.39, 0.29) is 11.9 Å². The van der Waals surface area contributed by atoms with Gasteiger partial charge in [-0.15, -0.1) is 0 Å². The van der Waals surface area contributed by atoms with Gasteiger partial charge < -0.3 is 10.2 Å². The Morgan fingerprint density at radius 2 is 2.08 bits per heavy atom. The summed E-state index contributed by atoms with van der Waals surface area (Å²) in [5.41, 5.74) is 2.58. The molecular weight excluding hydrogens is 356 g/mol. The molecule has 2 heterocycles. The molecule has 0 fully saturated rings. The summed E-state index contributed by atoms with van der Waals surface area (Å²) in [6, 6.07) is 9.52. The predicted octanol–water partition coefficient (Wildman–Crippen LogP) is 3.62. The molecule has 0 radical (unpaired) electrons. The molecule has 0 bridgehead atoms. The van der Waals surface area contributed by atoms with Gasteiger partial charge in [-0.25, -0.2) is 4.68 Å². The van der Waals surface area contributed by atoms with Crippen molar-refractivity contribution in [1.29, 1.82) is 0 Å². The Morgan fingerprint density at radius 3 is 2.72 bits per heavy atom. The molecule has 3 aromatic rings. The lowest BCUT2D eigenvalue weighted by atomic mass is 10.1. The Morgan fingerprint density at radius 1 is 1.32 bits per heavy atom. The highest BCUT2D eigenvalue weighted by Crippen LogP contribution is 2.20. The van der Waals surface area contributed by atoms with Crippen LogP contribution in [0.2, 0.25) is 5.02 Å². The summed E-state index contributed by atoms with van der Waals surface area (Å²) in [6.07, 6.45) is 3.28. The van der Waals surface area contributed by atoms with E-state index in [1.807, 2.05) is 31.6 Å². The summed E-state index contributed by atoms with van der Waals surface area (Å²) in [6.45, 7) is 0.536. The van der Waals surface area contributed by atoms with Gasteiger partial charge in [0.25, 0.3) is 5.91 Å². The van der Waals surface area contributed by atoms with E-state index in [2.05, 4.69) is 26.8 Å². The molecule has 0 saturated heterocycles. The highest BCUT2D eigenvalue weighted by atomic mass is 35.5. The number of rotatable bonds is 6. The topological polar surface area (TPSA) is 50.2 Å². The molecule has 7 heteroatoms. The van der Waals surface area contributed by atoms with E-state index in [1.54, 1.807) is 40.5 Å². The van der Waals surface area contributed by atoms with Crippen molar-refractivity contribution in [2.45, 2.75) is 6.04 Å². The summed E-state index contributed by atoms with van der Waals surface area (Å²) in [5, 5.41) is 12.1. The second kappa shape index (κ2) is 7.82. The normalized spacial score (nSPS) is 12.3. The molecule has 3 rings (SSSR count). The summed E-state index contributed by atoms with van der Waals surface area (Å²) in [4.78, 5) is 14.5. The van der Waals surface area contributed by atoms with Gasteiger partial charge in [0.2, 0.25) is 0 Å². The highest BCUT2D eigenvalue weighted by Gasteiger charge is 2.17. The SMILES string of the molecule is CN(C)[C@H](CNC(=O)c1cnn(-c2ccc(Cl)cc2)c1)c1ccsc1. The number of benzene rings is 1. The number of halogens is 1. The number of thiophene rings is 1. The molecule has 1 aromatic carbocycles. The monoisotopic (exact) mass is 374 g/mol. The molecule has 0 aliphatic carbocycles. The first-order valence-corrected chi connectivity index (χ1v) is 9.14. The van der Waals surface area contributed by atoms with Gasteiger partial charge in [-0.3, -0.25) is 4.79 Å². The second-order valence-corrected chi connectivity index (χ2v) is 7.11. The lowest BCUT2D eigenvalue weighted by Gasteiger charge is -2.23. The third-order valence-electron chi connectivity index (χ3n) is 3.94. The molecule has 130 valence electrons. The molecule has 0 aliphatic rings. The Hall–Kier alpha value is -2.15. The Kier molecular flexibility index (Phi) is 5.53. The van der Waals surface area contributed by atoms with Crippen molar-refractivity contribution in [3.05, 3.63) is 69.6 Å². The van der Waals surface area contributed by atoms with Crippen LogP contribution in [-0.2, 0) is 0 Å².